The molecule has 1 N–H and O–H groups in total. The van der Waals surface area contributed by atoms with Crippen LogP contribution in [0.25, 0.3) is 0 Å². The van der Waals surface area contributed by atoms with Gasteiger partial charge in [-0.3, -0.25) is 9.59 Å². The number of pyridine rings is 1. The number of hydrogen-bond donors (Lipinski definition) is 1. The Kier molecular flexibility index (Phi) is 6.80. The summed E-state index contributed by atoms with van der Waals surface area (Å²) in [5.74, 6) is 0.244. The van der Waals surface area contributed by atoms with Crippen molar-refractivity contribution in [2.24, 2.45) is 5.92 Å². The average Bonchev–Trinajstić information content (AvgIpc) is 3.20. The molecule has 1 aliphatic heterocycles. The van der Waals surface area contributed by atoms with Crippen LogP contribution < -0.4 is 10.1 Å². The minimum Gasteiger partial charge on any atom is -0.496 e. The molecule has 0 bridgehead atoms. The Morgan fingerprint density at radius 2 is 2.14 bits per heavy atom. The van der Waals surface area contributed by atoms with Gasteiger partial charge < -0.3 is 15.0 Å². The molecule has 29 heavy (non-hydrogen) atoms. The molecule has 1 atom stereocenters. The van der Waals surface area contributed by atoms with Crippen molar-refractivity contribution in [3.8, 4) is 5.75 Å². The van der Waals surface area contributed by atoms with Crippen LogP contribution in [0.1, 0.15) is 46.2 Å². The van der Waals surface area contributed by atoms with Crippen molar-refractivity contribution >= 4 is 11.8 Å². The van der Waals surface area contributed by atoms with Gasteiger partial charge in [0.15, 0.2) is 0 Å². The number of halogens is 1. The van der Waals surface area contributed by atoms with Crippen LogP contribution in [0.5, 0.6) is 5.75 Å². The van der Waals surface area contributed by atoms with E-state index in [1.54, 1.807) is 18.1 Å². The first-order valence-corrected chi connectivity index (χ1v) is 9.87. The van der Waals surface area contributed by atoms with Crippen molar-refractivity contribution in [1.29, 1.82) is 0 Å². The van der Waals surface area contributed by atoms with E-state index in [-0.39, 0.29) is 23.4 Å². The standard InChI is InChI=1S/C22H26FN3O3/c1-3-9-24-21(27)16-4-7-20(29-2)17(12-16)11-15-8-10-26(14-15)22(28)19-6-5-18(23)13-25-19/h4-7,12-13,15H,3,8-11,14H2,1-2H3,(H,24,27). The van der Waals surface area contributed by atoms with Crippen molar-refractivity contribution in [1.82, 2.24) is 15.2 Å². The lowest BCUT2D eigenvalue weighted by molar-refractivity contribution is 0.0781. The Balaban J connectivity index is 1.67. The Labute approximate surface area is 170 Å². The van der Waals surface area contributed by atoms with E-state index in [0.717, 1.165) is 30.4 Å². The fraction of sp³-hybridized carbons (Fsp3) is 0.409. The minimum atomic E-state index is -0.462. The summed E-state index contributed by atoms with van der Waals surface area (Å²) in [7, 11) is 1.61. The maximum atomic E-state index is 13.0. The maximum absolute atomic E-state index is 13.0. The summed E-state index contributed by atoms with van der Waals surface area (Å²) >= 11 is 0. The lowest BCUT2D eigenvalue weighted by Crippen LogP contribution is -2.29. The molecule has 0 spiro atoms. The second-order valence-electron chi connectivity index (χ2n) is 7.25. The number of nitrogens with one attached hydrogen (secondary N) is 1. The maximum Gasteiger partial charge on any atom is 0.272 e. The number of rotatable bonds is 7. The molecule has 3 rings (SSSR count). The average molecular weight is 399 g/mol. The van der Waals surface area contributed by atoms with E-state index < -0.39 is 5.82 Å². The van der Waals surface area contributed by atoms with E-state index in [0.29, 0.717) is 31.6 Å². The number of benzene rings is 1. The molecule has 1 fully saturated rings. The van der Waals surface area contributed by atoms with E-state index in [1.165, 1.54) is 12.1 Å². The molecule has 0 saturated carbocycles. The number of amides is 2. The molecule has 1 saturated heterocycles. The van der Waals surface area contributed by atoms with Gasteiger partial charge in [-0.15, -0.1) is 0 Å². The van der Waals surface area contributed by atoms with Gasteiger partial charge in [0.1, 0.15) is 17.3 Å². The molecule has 1 unspecified atom stereocenters. The molecule has 6 nitrogen and oxygen atoms in total. The van der Waals surface area contributed by atoms with Gasteiger partial charge in [0, 0.05) is 25.2 Å². The summed E-state index contributed by atoms with van der Waals surface area (Å²) in [6.07, 6.45) is 3.49. The number of carbonyl (C=O) groups excluding carboxylic acids is 2. The van der Waals surface area contributed by atoms with Crippen molar-refractivity contribution in [3.05, 3.63) is 59.2 Å². The van der Waals surface area contributed by atoms with Crippen molar-refractivity contribution < 1.29 is 18.7 Å². The first-order chi connectivity index (χ1) is 14.0. The smallest absolute Gasteiger partial charge is 0.272 e. The van der Waals surface area contributed by atoms with Crippen LogP contribution >= 0.6 is 0 Å². The summed E-state index contributed by atoms with van der Waals surface area (Å²) in [6.45, 7) is 3.86. The van der Waals surface area contributed by atoms with Crippen LogP contribution in [0.2, 0.25) is 0 Å². The van der Waals surface area contributed by atoms with Crippen LogP contribution in [-0.4, -0.2) is 48.4 Å². The fourth-order valence-corrected chi connectivity index (χ4v) is 3.58. The lowest BCUT2D eigenvalue weighted by atomic mass is 9.96. The van der Waals surface area contributed by atoms with E-state index in [9.17, 15) is 14.0 Å². The third kappa shape index (κ3) is 5.10. The number of hydrogen-bond acceptors (Lipinski definition) is 4. The number of likely N-dealkylation sites (tertiary alicyclic amines) is 1. The molecule has 2 heterocycles. The minimum absolute atomic E-state index is 0.0960. The molecule has 7 heteroatoms. The van der Waals surface area contributed by atoms with Gasteiger partial charge in [0.05, 0.1) is 13.3 Å². The highest BCUT2D eigenvalue weighted by molar-refractivity contribution is 5.94. The highest BCUT2D eigenvalue weighted by Crippen LogP contribution is 2.28. The van der Waals surface area contributed by atoms with Crippen molar-refractivity contribution in [2.75, 3.05) is 26.7 Å². The molecule has 2 amide bonds. The SMILES string of the molecule is CCCNC(=O)c1ccc(OC)c(CC2CCN(C(=O)c3ccc(F)cn3)C2)c1. The zero-order chi connectivity index (χ0) is 20.8. The van der Waals surface area contributed by atoms with Crippen molar-refractivity contribution in [2.45, 2.75) is 26.2 Å². The molecule has 1 aromatic heterocycles. The molecule has 2 aromatic rings. The van der Waals surface area contributed by atoms with Gasteiger partial charge in [-0.2, -0.15) is 0 Å². The molecule has 0 aliphatic carbocycles. The number of nitrogens with zero attached hydrogens (tertiary/aromatic N) is 2. The normalized spacial score (nSPS) is 16.0. The predicted octanol–water partition coefficient (Wildman–Crippen LogP) is 3.07. The molecular formula is C22H26FN3O3. The van der Waals surface area contributed by atoms with Gasteiger partial charge in [-0.05, 0) is 61.1 Å². The zero-order valence-electron chi connectivity index (χ0n) is 16.8. The highest BCUT2D eigenvalue weighted by atomic mass is 19.1. The monoisotopic (exact) mass is 399 g/mol. The summed E-state index contributed by atoms with van der Waals surface area (Å²) in [6, 6.07) is 8.10. The largest absolute Gasteiger partial charge is 0.496 e. The molecule has 1 aromatic carbocycles. The summed E-state index contributed by atoms with van der Waals surface area (Å²) in [4.78, 5) is 30.5. The summed E-state index contributed by atoms with van der Waals surface area (Å²) in [5.41, 5.74) is 1.81. The van der Waals surface area contributed by atoms with Crippen LogP contribution in [0.15, 0.2) is 36.5 Å². The Hall–Kier alpha value is -2.96. The summed E-state index contributed by atoms with van der Waals surface area (Å²) in [5, 5.41) is 2.88. The van der Waals surface area contributed by atoms with Crippen LogP contribution in [-0.2, 0) is 6.42 Å². The second-order valence-corrected chi connectivity index (χ2v) is 7.25. The summed E-state index contributed by atoms with van der Waals surface area (Å²) < 4.78 is 18.5. The Bertz CT molecular complexity index is 870. The number of methoxy groups -OCH3 is 1. The Morgan fingerprint density at radius 1 is 1.31 bits per heavy atom. The molecule has 1 aliphatic rings. The third-order valence-corrected chi connectivity index (χ3v) is 5.11. The van der Waals surface area contributed by atoms with E-state index >= 15 is 0 Å². The van der Waals surface area contributed by atoms with Gasteiger partial charge in [0.2, 0.25) is 0 Å². The van der Waals surface area contributed by atoms with Gasteiger partial charge in [0.25, 0.3) is 11.8 Å². The van der Waals surface area contributed by atoms with Crippen molar-refractivity contribution in [3.63, 3.8) is 0 Å². The van der Waals surface area contributed by atoms with Crippen LogP contribution in [0.4, 0.5) is 4.39 Å². The van der Waals surface area contributed by atoms with Crippen LogP contribution in [0, 0.1) is 11.7 Å². The van der Waals surface area contributed by atoms with E-state index in [1.807, 2.05) is 19.1 Å². The molecule has 0 radical (unpaired) electrons. The lowest BCUT2D eigenvalue weighted by Gasteiger charge is -2.17. The van der Waals surface area contributed by atoms with Gasteiger partial charge in [-0.25, -0.2) is 9.37 Å². The number of carbonyl (C=O) groups is 2. The van der Waals surface area contributed by atoms with E-state index in [4.69, 9.17) is 4.74 Å². The van der Waals surface area contributed by atoms with Gasteiger partial charge >= 0.3 is 0 Å². The topological polar surface area (TPSA) is 71.5 Å². The van der Waals surface area contributed by atoms with E-state index in [2.05, 4.69) is 10.3 Å². The first kappa shape index (κ1) is 20.8. The first-order valence-electron chi connectivity index (χ1n) is 9.87. The second kappa shape index (κ2) is 9.49. The highest BCUT2D eigenvalue weighted by Gasteiger charge is 2.28. The molecular weight excluding hydrogens is 373 g/mol. The quantitative estimate of drug-likeness (QED) is 0.777. The third-order valence-electron chi connectivity index (χ3n) is 5.11. The number of ether oxygens (including phenoxy) is 1. The zero-order valence-corrected chi connectivity index (χ0v) is 16.8. The predicted molar refractivity (Wildman–Crippen MR) is 108 cm³/mol. The Morgan fingerprint density at radius 3 is 2.83 bits per heavy atom. The fourth-order valence-electron chi connectivity index (χ4n) is 3.58. The number of aromatic nitrogens is 1. The molecule has 154 valence electrons. The van der Waals surface area contributed by atoms with Crippen LogP contribution in [0.3, 0.4) is 0 Å². The van der Waals surface area contributed by atoms with Gasteiger partial charge in [-0.1, -0.05) is 6.92 Å².